The number of benzene rings is 1. The Morgan fingerprint density at radius 3 is 2.48 bits per heavy atom. The molecule has 0 spiro atoms. The highest BCUT2D eigenvalue weighted by molar-refractivity contribution is 6.04. The van der Waals surface area contributed by atoms with E-state index in [-0.39, 0.29) is 13.0 Å². The summed E-state index contributed by atoms with van der Waals surface area (Å²) in [6, 6.07) is 7.06. The van der Waals surface area contributed by atoms with Gasteiger partial charge in [0.2, 0.25) is 12.2 Å². The molecule has 0 saturated heterocycles. The molecule has 0 unspecified atom stereocenters. The molecule has 27 heavy (non-hydrogen) atoms. The molecule has 1 aromatic rings. The minimum atomic E-state index is -0.604. The van der Waals surface area contributed by atoms with Crippen LogP contribution in [0.4, 0.5) is 5.69 Å². The Bertz CT molecular complexity index is 719. The van der Waals surface area contributed by atoms with E-state index in [1.807, 2.05) is 0 Å². The zero-order chi connectivity index (χ0) is 20.4. The predicted octanol–water partition coefficient (Wildman–Crippen LogP) is 2.33. The minimum absolute atomic E-state index is 0.0311. The Labute approximate surface area is 159 Å². The van der Waals surface area contributed by atoms with Crippen molar-refractivity contribution < 1.29 is 23.9 Å². The van der Waals surface area contributed by atoms with Gasteiger partial charge in [-0.25, -0.2) is 0 Å². The molecule has 145 valence electrons. The summed E-state index contributed by atoms with van der Waals surface area (Å²) >= 11 is 0. The van der Waals surface area contributed by atoms with Crippen LogP contribution in [0.5, 0.6) is 0 Å². The van der Waals surface area contributed by atoms with Crippen LogP contribution in [0.2, 0.25) is 0 Å². The van der Waals surface area contributed by atoms with E-state index in [1.54, 1.807) is 58.2 Å². The lowest BCUT2D eigenvalue weighted by atomic mass is 10.1. The van der Waals surface area contributed by atoms with E-state index in [0.717, 1.165) is 4.90 Å². The molecule has 1 N–H and O–H groups in total. The lowest BCUT2D eigenvalue weighted by Crippen LogP contribution is -2.36. The number of carbonyl (C=O) groups is 3. The minimum Gasteiger partial charge on any atom is -0.459 e. The first-order chi connectivity index (χ1) is 12.7. The van der Waals surface area contributed by atoms with Gasteiger partial charge in [-0.15, -0.1) is 0 Å². The van der Waals surface area contributed by atoms with E-state index in [2.05, 4.69) is 5.32 Å². The van der Waals surface area contributed by atoms with E-state index in [1.165, 1.54) is 12.2 Å². The van der Waals surface area contributed by atoms with E-state index in [0.29, 0.717) is 11.3 Å². The molecule has 1 radical (unpaired) electrons. The Morgan fingerprint density at radius 1 is 1.22 bits per heavy atom. The quantitative estimate of drug-likeness (QED) is 0.555. The number of anilines is 1. The summed E-state index contributed by atoms with van der Waals surface area (Å²) in [7, 11) is 0. The Balaban J connectivity index is 2.85. The van der Waals surface area contributed by atoms with Gasteiger partial charge in [0, 0.05) is 18.2 Å². The first kappa shape index (κ1) is 22.1. The molecular formula is C20H25N2O5. The highest BCUT2D eigenvalue weighted by Crippen LogP contribution is 2.17. The second-order valence-electron chi connectivity index (χ2n) is 6.68. The Kier molecular flexibility index (Phi) is 8.38. The van der Waals surface area contributed by atoms with E-state index in [9.17, 15) is 19.2 Å². The fraction of sp³-hybridized carbons (Fsp3) is 0.400. The van der Waals surface area contributed by atoms with Crippen LogP contribution in [0.1, 0.15) is 39.7 Å². The summed E-state index contributed by atoms with van der Waals surface area (Å²) in [6.07, 6.45) is 4.39. The number of imide groups is 1. The van der Waals surface area contributed by atoms with Gasteiger partial charge in [0.05, 0.1) is 6.54 Å². The monoisotopic (exact) mass is 373 g/mol. The first-order valence-electron chi connectivity index (χ1n) is 8.60. The molecule has 1 rings (SSSR count). The van der Waals surface area contributed by atoms with E-state index < -0.39 is 29.9 Å². The van der Waals surface area contributed by atoms with Gasteiger partial charge in [-0.05, 0) is 38.5 Å². The predicted molar refractivity (Wildman–Crippen MR) is 103 cm³/mol. The van der Waals surface area contributed by atoms with Crippen molar-refractivity contribution in [2.24, 2.45) is 0 Å². The maximum absolute atomic E-state index is 12.2. The number of esters is 1. The molecule has 0 atom stereocenters. The summed E-state index contributed by atoms with van der Waals surface area (Å²) in [5.41, 5.74) is 0.700. The van der Waals surface area contributed by atoms with Crippen LogP contribution in [-0.4, -0.2) is 47.7 Å². The fourth-order valence-electron chi connectivity index (χ4n) is 2.14. The van der Waals surface area contributed by atoms with Crippen molar-refractivity contribution in [3.05, 3.63) is 35.9 Å². The molecule has 0 saturated carbocycles. The zero-order valence-corrected chi connectivity index (χ0v) is 16.1. The third kappa shape index (κ3) is 7.85. The maximum Gasteiger partial charge on any atom is 0.325 e. The van der Waals surface area contributed by atoms with Gasteiger partial charge in [0.15, 0.2) is 0 Å². The third-order valence-corrected chi connectivity index (χ3v) is 3.30. The van der Waals surface area contributed by atoms with Crippen molar-refractivity contribution in [1.29, 1.82) is 0 Å². The van der Waals surface area contributed by atoms with Crippen molar-refractivity contribution in [3.8, 4) is 0 Å². The number of hydrogen-bond acceptors (Lipinski definition) is 6. The van der Waals surface area contributed by atoms with Gasteiger partial charge in [-0.2, -0.15) is 0 Å². The van der Waals surface area contributed by atoms with Crippen LogP contribution < -0.4 is 5.32 Å². The van der Waals surface area contributed by atoms with Crippen molar-refractivity contribution in [1.82, 2.24) is 4.90 Å². The second-order valence-corrected chi connectivity index (χ2v) is 6.68. The zero-order valence-electron chi connectivity index (χ0n) is 16.1. The van der Waals surface area contributed by atoms with Crippen LogP contribution in [-0.2, 0) is 23.9 Å². The molecule has 0 aliphatic carbocycles. The molecule has 0 aromatic heterocycles. The smallest absolute Gasteiger partial charge is 0.325 e. The molecule has 0 bridgehead atoms. The van der Waals surface area contributed by atoms with Crippen LogP contribution in [0.3, 0.4) is 0 Å². The molecule has 0 fully saturated rings. The number of amides is 2. The first-order valence-corrected chi connectivity index (χ1v) is 8.60. The second kappa shape index (κ2) is 10.3. The average molecular weight is 373 g/mol. The number of nitrogens with one attached hydrogen (secondary N) is 1. The van der Waals surface area contributed by atoms with Crippen LogP contribution in [0, 0.1) is 0 Å². The highest BCUT2D eigenvalue weighted by Gasteiger charge is 2.18. The van der Waals surface area contributed by atoms with Crippen LogP contribution in [0.25, 0.3) is 6.08 Å². The molecule has 0 aliphatic rings. The van der Waals surface area contributed by atoms with E-state index >= 15 is 0 Å². The lowest BCUT2D eigenvalue weighted by molar-refractivity contribution is -0.152. The number of nitrogens with zero attached hydrogens (tertiary/aromatic N) is 1. The SMILES string of the molecule is CCC(=O)N(C[C]=O)C(=O)/C=C/c1ccccc1NCC(=O)OC(C)(C)C. The van der Waals surface area contributed by atoms with Gasteiger partial charge >= 0.3 is 5.97 Å². The lowest BCUT2D eigenvalue weighted by Gasteiger charge is -2.20. The molecule has 0 heterocycles. The summed E-state index contributed by atoms with van der Waals surface area (Å²) in [4.78, 5) is 47.2. The van der Waals surface area contributed by atoms with Crippen molar-refractivity contribution >= 4 is 35.8 Å². The standard InChI is InChI=1S/C20H25N2O5/c1-5-17(24)22(12-13-23)18(25)11-10-15-8-6-7-9-16(15)21-14-19(26)27-20(2,3)4/h6-11,21H,5,12,14H2,1-4H3/b11-10+. The number of para-hydroxylation sites is 1. The number of carbonyl (C=O) groups excluding carboxylic acids is 4. The van der Waals surface area contributed by atoms with Gasteiger partial charge in [-0.1, -0.05) is 25.1 Å². The molecule has 7 nitrogen and oxygen atoms in total. The van der Waals surface area contributed by atoms with Gasteiger partial charge in [0.25, 0.3) is 5.91 Å². The fourth-order valence-corrected chi connectivity index (χ4v) is 2.14. The van der Waals surface area contributed by atoms with Crippen LogP contribution >= 0.6 is 0 Å². The Morgan fingerprint density at radius 2 is 1.89 bits per heavy atom. The van der Waals surface area contributed by atoms with Crippen molar-refractivity contribution in [2.45, 2.75) is 39.7 Å². The van der Waals surface area contributed by atoms with Gasteiger partial charge in [0.1, 0.15) is 12.1 Å². The van der Waals surface area contributed by atoms with Crippen molar-refractivity contribution in [3.63, 3.8) is 0 Å². The number of ether oxygens (including phenoxy) is 1. The van der Waals surface area contributed by atoms with E-state index in [4.69, 9.17) is 4.74 Å². The van der Waals surface area contributed by atoms with Gasteiger partial charge < -0.3 is 10.1 Å². The third-order valence-electron chi connectivity index (χ3n) is 3.30. The molecular weight excluding hydrogens is 348 g/mol. The Hall–Kier alpha value is -2.96. The average Bonchev–Trinajstić information content (AvgIpc) is 2.61. The summed E-state index contributed by atoms with van der Waals surface area (Å²) < 4.78 is 5.24. The maximum atomic E-state index is 12.2. The largest absolute Gasteiger partial charge is 0.459 e. The summed E-state index contributed by atoms with van der Waals surface area (Å²) in [5.74, 6) is -1.46. The molecule has 0 aliphatic heterocycles. The normalized spacial score (nSPS) is 11.1. The summed E-state index contributed by atoms with van der Waals surface area (Å²) in [5, 5.41) is 2.97. The highest BCUT2D eigenvalue weighted by atomic mass is 16.6. The molecule has 7 heteroatoms. The molecule has 2 amide bonds. The molecule has 1 aromatic carbocycles. The number of hydrogen-bond donors (Lipinski definition) is 1. The van der Waals surface area contributed by atoms with Gasteiger partial charge in [-0.3, -0.25) is 24.1 Å². The number of rotatable bonds is 8. The summed E-state index contributed by atoms with van der Waals surface area (Å²) in [6.45, 7) is 6.52. The topological polar surface area (TPSA) is 92.8 Å². The van der Waals surface area contributed by atoms with Crippen molar-refractivity contribution in [2.75, 3.05) is 18.4 Å². The van der Waals surface area contributed by atoms with Crippen LogP contribution in [0.15, 0.2) is 30.3 Å².